The van der Waals surface area contributed by atoms with E-state index in [1.165, 1.54) is 0 Å². The van der Waals surface area contributed by atoms with Crippen LogP contribution in [0.4, 0.5) is 0 Å². The summed E-state index contributed by atoms with van der Waals surface area (Å²) in [5.41, 5.74) is 1.94. The van der Waals surface area contributed by atoms with Crippen LogP contribution in [0, 0.1) is 0 Å². The van der Waals surface area contributed by atoms with Gasteiger partial charge in [0.05, 0.1) is 29.3 Å². The van der Waals surface area contributed by atoms with Crippen molar-refractivity contribution in [3.8, 4) is 0 Å². The highest BCUT2D eigenvalue weighted by molar-refractivity contribution is 7.90. The lowest BCUT2D eigenvalue weighted by Gasteiger charge is -2.18. The normalized spacial score (nSPS) is 14.2. The van der Waals surface area contributed by atoms with E-state index in [0.717, 1.165) is 11.1 Å². The Kier molecular flexibility index (Phi) is 11.0. The fraction of sp³-hybridized carbons (Fsp3) is 0.650. The standard InChI is InChI=1S/C20H34N2O5S2/c1-6-27-20(23)13-19(14-21-28(24)15(2)3)18-9-7-17(8-10-18)11-12-22-29(25,26)16(4)5/h7-10,15-16,19,21-22H,6,11-14H2,1-5H3. The van der Waals surface area contributed by atoms with Gasteiger partial charge in [-0.15, -0.1) is 0 Å². The second-order valence-corrected chi connectivity index (χ2v) is 11.5. The molecule has 0 saturated carbocycles. The van der Waals surface area contributed by atoms with E-state index in [-0.39, 0.29) is 23.6 Å². The first-order chi connectivity index (χ1) is 13.6. The number of carbonyl (C=O) groups is 1. The van der Waals surface area contributed by atoms with Crippen molar-refractivity contribution in [2.75, 3.05) is 19.7 Å². The van der Waals surface area contributed by atoms with Crippen LogP contribution in [0.2, 0.25) is 0 Å². The number of sulfonamides is 1. The Balaban J connectivity index is 2.77. The van der Waals surface area contributed by atoms with Gasteiger partial charge in [0.1, 0.15) is 0 Å². The van der Waals surface area contributed by atoms with Crippen molar-refractivity contribution in [1.29, 1.82) is 0 Å². The van der Waals surface area contributed by atoms with Crippen LogP contribution in [-0.4, -0.2) is 48.8 Å². The summed E-state index contributed by atoms with van der Waals surface area (Å²) in [5, 5.41) is -0.479. The molecule has 0 spiro atoms. The molecule has 0 heterocycles. The Morgan fingerprint density at radius 1 is 1.14 bits per heavy atom. The van der Waals surface area contributed by atoms with Crippen LogP contribution in [0.5, 0.6) is 0 Å². The molecule has 0 aliphatic heterocycles. The van der Waals surface area contributed by atoms with Gasteiger partial charge in [0.15, 0.2) is 0 Å². The fourth-order valence-electron chi connectivity index (χ4n) is 2.54. The van der Waals surface area contributed by atoms with Gasteiger partial charge < -0.3 is 4.74 Å². The Hall–Kier alpha value is -1.29. The molecule has 2 atom stereocenters. The molecule has 166 valence electrons. The third-order valence-corrected chi connectivity index (χ3v) is 7.56. The topological polar surface area (TPSA) is 102 Å². The minimum atomic E-state index is -3.27. The summed E-state index contributed by atoms with van der Waals surface area (Å²) in [6.07, 6.45) is 0.772. The molecule has 1 aromatic rings. The van der Waals surface area contributed by atoms with E-state index in [4.69, 9.17) is 4.74 Å². The molecule has 0 radical (unpaired) electrons. The number of ether oxygens (including phenoxy) is 1. The Morgan fingerprint density at radius 2 is 1.76 bits per heavy atom. The molecule has 2 N–H and O–H groups in total. The zero-order chi connectivity index (χ0) is 22.0. The van der Waals surface area contributed by atoms with Gasteiger partial charge in [0.25, 0.3) is 0 Å². The summed E-state index contributed by atoms with van der Waals surface area (Å²) >= 11 is 0. The predicted octanol–water partition coefficient (Wildman–Crippen LogP) is 2.26. The molecular weight excluding hydrogens is 412 g/mol. The number of hydrogen-bond acceptors (Lipinski definition) is 5. The molecule has 9 heteroatoms. The van der Waals surface area contributed by atoms with E-state index >= 15 is 0 Å². The Bertz CT molecular complexity index is 762. The van der Waals surface area contributed by atoms with E-state index < -0.39 is 26.3 Å². The predicted molar refractivity (Wildman–Crippen MR) is 117 cm³/mol. The fourth-order valence-corrected chi connectivity index (χ4v) is 3.96. The second kappa shape index (κ2) is 12.4. The van der Waals surface area contributed by atoms with Crippen LogP contribution >= 0.6 is 0 Å². The number of esters is 1. The molecule has 7 nitrogen and oxygen atoms in total. The van der Waals surface area contributed by atoms with E-state index in [2.05, 4.69) is 9.44 Å². The number of carbonyl (C=O) groups excluding carboxylic acids is 1. The molecular formula is C20H34N2O5S2. The molecule has 0 saturated heterocycles. The van der Waals surface area contributed by atoms with Gasteiger partial charge in [-0.3, -0.25) is 4.79 Å². The molecule has 29 heavy (non-hydrogen) atoms. The highest BCUT2D eigenvalue weighted by Gasteiger charge is 2.19. The third-order valence-electron chi connectivity index (χ3n) is 4.41. The van der Waals surface area contributed by atoms with Crippen LogP contribution in [0.15, 0.2) is 24.3 Å². The Labute approximate surface area is 177 Å². The number of nitrogens with one attached hydrogen (secondary N) is 2. The quantitative estimate of drug-likeness (QED) is 0.453. The molecule has 0 aliphatic rings. The van der Waals surface area contributed by atoms with Crippen molar-refractivity contribution < 1.29 is 22.2 Å². The molecule has 2 unspecified atom stereocenters. The smallest absolute Gasteiger partial charge is 0.306 e. The zero-order valence-electron chi connectivity index (χ0n) is 17.9. The molecule has 0 fully saturated rings. The number of benzene rings is 1. The van der Waals surface area contributed by atoms with Gasteiger partial charge in [-0.2, -0.15) is 0 Å². The highest BCUT2D eigenvalue weighted by Crippen LogP contribution is 2.21. The van der Waals surface area contributed by atoms with Gasteiger partial charge in [-0.05, 0) is 52.2 Å². The number of hydrogen-bond donors (Lipinski definition) is 2. The average molecular weight is 447 g/mol. The summed E-state index contributed by atoms with van der Waals surface area (Å²) < 4.78 is 46.3. The zero-order valence-corrected chi connectivity index (χ0v) is 19.6. The summed E-state index contributed by atoms with van der Waals surface area (Å²) in [4.78, 5) is 12.0. The molecule has 1 aromatic carbocycles. The molecule has 0 bridgehead atoms. The third kappa shape index (κ3) is 9.37. The van der Waals surface area contributed by atoms with Crippen molar-refractivity contribution in [3.63, 3.8) is 0 Å². The number of rotatable bonds is 13. The van der Waals surface area contributed by atoms with E-state index in [1.807, 2.05) is 38.1 Å². The second-order valence-electron chi connectivity index (χ2n) is 7.38. The van der Waals surface area contributed by atoms with Gasteiger partial charge in [0, 0.05) is 24.3 Å². The van der Waals surface area contributed by atoms with E-state index in [0.29, 0.717) is 26.1 Å². The van der Waals surface area contributed by atoms with Crippen LogP contribution < -0.4 is 9.44 Å². The van der Waals surface area contributed by atoms with Crippen molar-refractivity contribution in [2.24, 2.45) is 0 Å². The van der Waals surface area contributed by atoms with Crippen molar-refractivity contribution in [3.05, 3.63) is 35.4 Å². The van der Waals surface area contributed by atoms with E-state index in [9.17, 15) is 17.4 Å². The average Bonchev–Trinajstić information content (AvgIpc) is 2.65. The van der Waals surface area contributed by atoms with Gasteiger partial charge in [-0.1, -0.05) is 24.3 Å². The summed E-state index contributed by atoms with van der Waals surface area (Å²) in [6, 6.07) is 7.71. The molecule has 0 aromatic heterocycles. The van der Waals surface area contributed by atoms with Crippen LogP contribution in [-0.2, 0) is 37.0 Å². The van der Waals surface area contributed by atoms with Crippen molar-refractivity contribution in [1.82, 2.24) is 9.44 Å². The lowest BCUT2D eigenvalue weighted by Crippen LogP contribution is -2.32. The lowest BCUT2D eigenvalue weighted by molar-refractivity contribution is -0.143. The van der Waals surface area contributed by atoms with E-state index in [1.54, 1.807) is 20.8 Å². The monoisotopic (exact) mass is 446 g/mol. The highest BCUT2D eigenvalue weighted by atomic mass is 32.2. The lowest BCUT2D eigenvalue weighted by atomic mass is 9.94. The Morgan fingerprint density at radius 3 is 2.28 bits per heavy atom. The van der Waals surface area contributed by atoms with Crippen molar-refractivity contribution in [2.45, 2.75) is 63.9 Å². The van der Waals surface area contributed by atoms with Crippen molar-refractivity contribution >= 4 is 27.0 Å². The first kappa shape index (κ1) is 25.7. The maximum Gasteiger partial charge on any atom is 0.306 e. The van der Waals surface area contributed by atoms with Crippen LogP contribution in [0.25, 0.3) is 0 Å². The van der Waals surface area contributed by atoms with Crippen LogP contribution in [0.1, 0.15) is 58.1 Å². The largest absolute Gasteiger partial charge is 0.466 e. The minimum Gasteiger partial charge on any atom is -0.466 e. The molecule has 0 amide bonds. The SMILES string of the molecule is CCOC(=O)CC(CNS(=O)C(C)C)c1ccc(CCNS(=O)(=O)C(C)C)cc1. The summed E-state index contributed by atoms with van der Waals surface area (Å²) in [5.74, 6) is -0.452. The molecule has 1 rings (SSSR count). The van der Waals surface area contributed by atoms with Gasteiger partial charge in [-0.25, -0.2) is 22.1 Å². The van der Waals surface area contributed by atoms with Crippen LogP contribution in [0.3, 0.4) is 0 Å². The summed E-state index contributed by atoms with van der Waals surface area (Å²) in [6.45, 7) is 9.83. The first-order valence-electron chi connectivity index (χ1n) is 9.93. The maximum absolute atomic E-state index is 12.0. The minimum absolute atomic E-state index is 0.0183. The molecule has 0 aliphatic carbocycles. The van der Waals surface area contributed by atoms with Gasteiger partial charge >= 0.3 is 5.97 Å². The summed E-state index contributed by atoms with van der Waals surface area (Å²) in [7, 11) is -4.44. The maximum atomic E-state index is 12.0. The first-order valence-corrected chi connectivity index (χ1v) is 12.7. The van der Waals surface area contributed by atoms with Gasteiger partial charge in [0.2, 0.25) is 10.0 Å².